The van der Waals surface area contributed by atoms with Crippen molar-refractivity contribution in [1.29, 1.82) is 0 Å². The van der Waals surface area contributed by atoms with E-state index in [1.807, 2.05) is 0 Å². The Kier molecular flexibility index (Phi) is 6.61. The van der Waals surface area contributed by atoms with Crippen LogP contribution >= 0.6 is 11.6 Å². The van der Waals surface area contributed by atoms with Gasteiger partial charge in [-0.1, -0.05) is 29.8 Å². The van der Waals surface area contributed by atoms with Gasteiger partial charge < -0.3 is 4.74 Å². The predicted molar refractivity (Wildman–Crippen MR) is 98.7 cm³/mol. The van der Waals surface area contributed by atoms with Gasteiger partial charge in [0.15, 0.2) is 0 Å². The minimum Gasteiger partial charge on any atom is -0.462 e. The number of ether oxygens (including phenoxy) is 1. The van der Waals surface area contributed by atoms with E-state index in [1.54, 1.807) is 19.9 Å². The molecule has 0 aliphatic heterocycles. The van der Waals surface area contributed by atoms with E-state index in [4.69, 9.17) is 16.3 Å². The fourth-order valence-electron chi connectivity index (χ4n) is 2.32. The molecule has 2 aromatic rings. The Bertz CT molecular complexity index is 947. The predicted octanol–water partition coefficient (Wildman–Crippen LogP) is 4.51. The second kappa shape index (κ2) is 8.40. The van der Waals surface area contributed by atoms with Crippen LogP contribution in [0.2, 0.25) is 5.02 Å². The normalized spacial score (nSPS) is 12.1. The monoisotopic (exact) mass is 435 g/mol. The van der Waals surface area contributed by atoms with Crippen molar-refractivity contribution in [2.75, 3.05) is 10.8 Å². The Morgan fingerprint density at radius 3 is 2.29 bits per heavy atom. The molecule has 0 N–H and O–H groups in total. The lowest BCUT2D eigenvalue weighted by atomic mass is 10.2. The highest BCUT2D eigenvalue weighted by Crippen LogP contribution is 2.37. The lowest BCUT2D eigenvalue weighted by Gasteiger charge is -2.25. The van der Waals surface area contributed by atoms with E-state index in [0.717, 1.165) is 12.1 Å². The van der Waals surface area contributed by atoms with E-state index in [2.05, 4.69) is 0 Å². The molecule has 0 spiro atoms. The number of halogens is 4. The zero-order chi connectivity index (χ0) is 21.1. The van der Waals surface area contributed by atoms with Crippen molar-refractivity contribution in [3.8, 4) is 0 Å². The first-order chi connectivity index (χ1) is 12.9. The van der Waals surface area contributed by atoms with E-state index in [9.17, 15) is 26.4 Å². The van der Waals surface area contributed by atoms with Gasteiger partial charge in [0, 0.05) is 0 Å². The SMILES string of the molecule is CC(C)OC(=O)CN(c1cc(C(F)(F)F)ccc1Cl)S(=O)(=O)c1ccccc1. The summed E-state index contributed by atoms with van der Waals surface area (Å²) in [5.74, 6) is -0.928. The Balaban J connectivity index is 2.61. The first-order valence-electron chi connectivity index (χ1n) is 8.07. The molecule has 152 valence electrons. The highest BCUT2D eigenvalue weighted by molar-refractivity contribution is 7.92. The number of esters is 1. The van der Waals surface area contributed by atoms with Crippen molar-refractivity contribution in [3.05, 3.63) is 59.1 Å². The number of nitrogens with zero attached hydrogens (tertiary/aromatic N) is 1. The van der Waals surface area contributed by atoms with E-state index in [-0.39, 0.29) is 9.92 Å². The number of carbonyl (C=O) groups excluding carboxylic acids is 1. The summed E-state index contributed by atoms with van der Waals surface area (Å²) < 4.78 is 70.9. The van der Waals surface area contributed by atoms with Crippen molar-refractivity contribution in [2.24, 2.45) is 0 Å². The molecule has 2 rings (SSSR count). The molecule has 0 aliphatic rings. The van der Waals surface area contributed by atoms with Crippen molar-refractivity contribution in [3.63, 3.8) is 0 Å². The summed E-state index contributed by atoms with van der Waals surface area (Å²) in [6.45, 7) is 2.28. The van der Waals surface area contributed by atoms with Crippen LogP contribution in [0.25, 0.3) is 0 Å². The summed E-state index contributed by atoms with van der Waals surface area (Å²) in [5, 5.41) is -0.259. The van der Waals surface area contributed by atoms with Crippen LogP contribution in [0.1, 0.15) is 19.4 Å². The van der Waals surface area contributed by atoms with Gasteiger partial charge in [0.05, 0.1) is 27.3 Å². The second-order valence-electron chi connectivity index (χ2n) is 6.03. The Labute approximate surface area is 165 Å². The van der Waals surface area contributed by atoms with Crippen LogP contribution in [0, 0.1) is 0 Å². The highest BCUT2D eigenvalue weighted by atomic mass is 35.5. The molecule has 0 atom stereocenters. The lowest BCUT2D eigenvalue weighted by Crippen LogP contribution is -2.37. The van der Waals surface area contributed by atoms with Crippen LogP contribution < -0.4 is 4.31 Å². The van der Waals surface area contributed by atoms with Gasteiger partial charge in [0.1, 0.15) is 6.54 Å². The number of rotatable bonds is 6. The number of hydrogen-bond donors (Lipinski definition) is 0. The van der Waals surface area contributed by atoms with E-state index in [1.165, 1.54) is 24.3 Å². The van der Waals surface area contributed by atoms with Crippen molar-refractivity contribution >= 4 is 33.3 Å². The molecule has 0 bridgehead atoms. The van der Waals surface area contributed by atoms with Gasteiger partial charge in [-0.25, -0.2) is 8.42 Å². The number of alkyl halides is 3. The average Bonchev–Trinajstić information content (AvgIpc) is 2.59. The molecule has 0 radical (unpaired) electrons. The molecule has 2 aromatic carbocycles. The van der Waals surface area contributed by atoms with Crippen LogP contribution in [0.3, 0.4) is 0 Å². The summed E-state index contributed by atoms with van der Waals surface area (Å²) in [5.41, 5.74) is -1.57. The van der Waals surface area contributed by atoms with Gasteiger partial charge >= 0.3 is 12.1 Å². The van der Waals surface area contributed by atoms with E-state index >= 15 is 0 Å². The average molecular weight is 436 g/mol. The summed E-state index contributed by atoms with van der Waals surface area (Å²) in [6, 6.07) is 9.25. The Morgan fingerprint density at radius 2 is 1.75 bits per heavy atom. The zero-order valence-electron chi connectivity index (χ0n) is 14.9. The molecule has 0 aromatic heterocycles. The topological polar surface area (TPSA) is 63.7 Å². The minimum atomic E-state index is -4.72. The van der Waals surface area contributed by atoms with Gasteiger partial charge in [0.2, 0.25) is 0 Å². The van der Waals surface area contributed by atoms with Crippen molar-refractivity contribution in [1.82, 2.24) is 0 Å². The van der Waals surface area contributed by atoms with Gasteiger partial charge in [-0.15, -0.1) is 0 Å². The molecule has 0 aliphatic carbocycles. The summed E-state index contributed by atoms with van der Waals surface area (Å²) in [4.78, 5) is 11.9. The first-order valence-corrected chi connectivity index (χ1v) is 9.88. The van der Waals surface area contributed by atoms with Crippen LogP contribution in [-0.2, 0) is 25.7 Å². The Morgan fingerprint density at radius 1 is 1.14 bits per heavy atom. The fraction of sp³-hybridized carbons (Fsp3) is 0.278. The summed E-state index contributed by atoms with van der Waals surface area (Å²) in [6.07, 6.45) is -5.26. The molecule has 10 heteroatoms. The molecule has 28 heavy (non-hydrogen) atoms. The zero-order valence-corrected chi connectivity index (χ0v) is 16.5. The molecule has 5 nitrogen and oxygen atoms in total. The Hall–Kier alpha value is -2.26. The standard InChI is InChI=1S/C18H17ClF3NO4S/c1-12(2)27-17(24)11-23(28(25,26)14-6-4-3-5-7-14)16-10-13(18(20,21)22)8-9-15(16)19/h3-10,12H,11H2,1-2H3. The maximum absolute atomic E-state index is 13.1. The van der Waals surface area contributed by atoms with Crippen molar-refractivity contribution < 1.29 is 31.1 Å². The van der Waals surface area contributed by atoms with Gasteiger partial charge in [-0.2, -0.15) is 13.2 Å². The van der Waals surface area contributed by atoms with Crippen LogP contribution in [0.15, 0.2) is 53.4 Å². The molecule has 0 fully saturated rings. The molecule has 0 amide bonds. The molecule has 0 saturated carbocycles. The van der Waals surface area contributed by atoms with Crippen LogP contribution in [0.4, 0.5) is 18.9 Å². The maximum Gasteiger partial charge on any atom is 0.416 e. The van der Waals surface area contributed by atoms with Gasteiger partial charge in [-0.3, -0.25) is 9.10 Å². The third-order valence-electron chi connectivity index (χ3n) is 3.51. The molecular weight excluding hydrogens is 419 g/mol. The smallest absolute Gasteiger partial charge is 0.416 e. The van der Waals surface area contributed by atoms with Crippen molar-refractivity contribution in [2.45, 2.75) is 31.0 Å². The van der Waals surface area contributed by atoms with Crippen LogP contribution in [0.5, 0.6) is 0 Å². The number of benzene rings is 2. The minimum absolute atomic E-state index is 0.208. The third-order valence-corrected chi connectivity index (χ3v) is 5.61. The number of anilines is 1. The fourth-order valence-corrected chi connectivity index (χ4v) is 4.03. The lowest BCUT2D eigenvalue weighted by molar-refractivity contribution is -0.145. The second-order valence-corrected chi connectivity index (χ2v) is 8.30. The number of carbonyl (C=O) groups is 1. The third kappa shape index (κ3) is 5.17. The van der Waals surface area contributed by atoms with E-state index in [0.29, 0.717) is 10.4 Å². The number of sulfonamides is 1. The number of hydrogen-bond acceptors (Lipinski definition) is 4. The van der Waals surface area contributed by atoms with Gasteiger partial charge in [0.25, 0.3) is 10.0 Å². The molecule has 0 unspecified atom stereocenters. The summed E-state index contributed by atoms with van der Waals surface area (Å²) in [7, 11) is -4.39. The highest BCUT2D eigenvalue weighted by Gasteiger charge is 2.34. The maximum atomic E-state index is 13.1. The summed E-state index contributed by atoms with van der Waals surface area (Å²) >= 11 is 6.00. The quantitative estimate of drug-likeness (QED) is 0.626. The molecule has 0 heterocycles. The first kappa shape index (κ1) is 22.0. The largest absolute Gasteiger partial charge is 0.462 e. The van der Waals surface area contributed by atoms with Gasteiger partial charge in [-0.05, 0) is 44.2 Å². The van der Waals surface area contributed by atoms with Crippen LogP contribution in [-0.4, -0.2) is 27.0 Å². The van der Waals surface area contributed by atoms with E-state index < -0.39 is 46.1 Å². The molecule has 0 saturated heterocycles. The molecular formula is C18H17ClF3NO4S.